The summed E-state index contributed by atoms with van der Waals surface area (Å²) in [6, 6.07) is 0. The molecule has 6 nitrogen and oxygen atoms in total. The van der Waals surface area contributed by atoms with Gasteiger partial charge in [0.05, 0.1) is 6.54 Å². The molecule has 1 unspecified atom stereocenters. The van der Waals surface area contributed by atoms with Crippen molar-refractivity contribution in [2.75, 3.05) is 6.54 Å². The highest BCUT2D eigenvalue weighted by Crippen LogP contribution is 2.09. The van der Waals surface area contributed by atoms with E-state index >= 15 is 0 Å². The summed E-state index contributed by atoms with van der Waals surface area (Å²) in [5, 5.41) is 19.6. The Hall–Kier alpha value is -1.43. The Labute approximate surface area is 101 Å². The maximum Gasteiger partial charge on any atom is 0.303 e. The fourth-order valence-electron chi connectivity index (χ4n) is 1.53. The molecular weight excluding hydrogens is 220 g/mol. The normalized spacial score (nSPS) is 12.6. The van der Waals surface area contributed by atoms with Crippen molar-refractivity contribution in [2.24, 2.45) is 13.0 Å². The SMILES string of the molecule is CC(CCNCc1nncn1C)CCC(=O)O. The molecule has 96 valence electrons. The highest BCUT2D eigenvalue weighted by atomic mass is 16.4. The van der Waals surface area contributed by atoms with E-state index in [9.17, 15) is 4.79 Å². The fourth-order valence-corrected chi connectivity index (χ4v) is 1.53. The summed E-state index contributed by atoms with van der Waals surface area (Å²) in [4.78, 5) is 10.4. The van der Waals surface area contributed by atoms with Gasteiger partial charge < -0.3 is 15.0 Å². The molecule has 0 aliphatic rings. The molecule has 0 spiro atoms. The number of aryl methyl sites for hydroxylation is 1. The largest absolute Gasteiger partial charge is 0.481 e. The number of nitrogens with one attached hydrogen (secondary N) is 1. The molecule has 6 heteroatoms. The molecule has 0 saturated carbocycles. The second kappa shape index (κ2) is 7.01. The molecule has 0 amide bonds. The minimum atomic E-state index is -0.719. The van der Waals surface area contributed by atoms with E-state index in [1.807, 2.05) is 11.6 Å². The van der Waals surface area contributed by atoms with E-state index in [1.54, 1.807) is 6.33 Å². The van der Waals surface area contributed by atoms with Crippen LogP contribution >= 0.6 is 0 Å². The van der Waals surface area contributed by atoms with Crippen LogP contribution < -0.4 is 5.32 Å². The highest BCUT2D eigenvalue weighted by molar-refractivity contribution is 5.66. The Morgan fingerprint density at radius 2 is 2.35 bits per heavy atom. The van der Waals surface area contributed by atoms with E-state index in [-0.39, 0.29) is 6.42 Å². The van der Waals surface area contributed by atoms with Gasteiger partial charge in [0, 0.05) is 13.5 Å². The highest BCUT2D eigenvalue weighted by Gasteiger charge is 2.05. The average Bonchev–Trinajstić information content (AvgIpc) is 2.68. The van der Waals surface area contributed by atoms with Crippen molar-refractivity contribution in [3.8, 4) is 0 Å². The first-order valence-corrected chi connectivity index (χ1v) is 5.85. The Balaban J connectivity index is 2.08. The number of rotatable bonds is 8. The average molecular weight is 240 g/mol. The third-order valence-corrected chi connectivity index (χ3v) is 2.75. The summed E-state index contributed by atoms with van der Waals surface area (Å²) in [7, 11) is 1.91. The topological polar surface area (TPSA) is 80.0 Å². The fraction of sp³-hybridized carbons (Fsp3) is 0.727. The lowest BCUT2D eigenvalue weighted by molar-refractivity contribution is -0.137. The third-order valence-electron chi connectivity index (χ3n) is 2.75. The molecule has 0 aliphatic carbocycles. The Morgan fingerprint density at radius 1 is 1.59 bits per heavy atom. The number of carboxylic acid groups (broad SMARTS) is 1. The molecule has 1 aromatic rings. The van der Waals surface area contributed by atoms with Crippen molar-refractivity contribution in [1.29, 1.82) is 0 Å². The molecule has 1 heterocycles. The predicted molar refractivity (Wildman–Crippen MR) is 63.4 cm³/mol. The minimum Gasteiger partial charge on any atom is -0.481 e. The van der Waals surface area contributed by atoms with Crippen molar-refractivity contribution in [2.45, 2.75) is 32.7 Å². The lowest BCUT2D eigenvalue weighted by atomic mass is 10.0. The second-order valence-corrected chi connectivity index (χ2v) is 4.36. The Bertz CT molecular complexity index is 351. The van der Waals surface area contributed by atoms with E-state index in [0.29, 0.717) is 12.5 Å². The van der Waals surface area contributed by atoms with Crippen molar-refractivity contribution >= 4 is 5.97 Å². The van der Waals surface area contributed by atoms with Crippen molar-refractivity contribution < 1.29 is 9.90 Å². The maximum absolute atomic E-state index is 10.4. The van der Waals surface area contributed by atoms with E-state index in [2.05, 4.69) is 22.4 Å². The van der Waals surface area contributed by atoms with Gasteiger partial charge in [-0.05, 0) is 25.3 Å². The van der Waals surface area contributed by atoms with Crippen LogP contribution in [0, 0.1) is 5.92 Å². The van der Waals surface area contributed by atoms with Gasteiger partial charge in [0.2, 0.25) is 0 Å². The monoisotopic (exact) mass is 240 g/mol. The summed E-state index contributed by atoms with van der Waals surface area (Å²) >= 11 is 0. The van der Waals surface area contributed by atoms with Gasteiger partial charge in [-0.25, -0.2) is 0 Å². The first-order valence-electron chi connectivity index (χ1n) is 5.85. The second-order valence-electron chi connectivity index (χ2n) is 4.36. The van der Waals surface area contributed by atoms with Crippen LogP contribution in [0.1, 0.15) is 32.0 Å². The zero-order chi connectivity index (χ0) is 12.7. The molecule has 2 N–H and O–H groups in total. The number of carbonyl (C=O) groups is 1. The van der Waals surface area contributed by atoms with E-state index < -0.39 is 5.97 Å². The molecule has 1 atom stereocenters. The van der Waals surface area contributed by atoms with Crippen molar-refractivity contribution in [1.82, 2.24) is 20.1 Å². The Morgan fingerprint density at radius 3 is 2.94 bits per heavy atom. The van der Waals surface area contributed by atoms with Gasteiger partial charge in [-0.3, -0.25) is 4.79 Å². The van der Waals surface area contributed by atoms with Crippen LogP contribution in [0.4, 0.5) is 0 Å². The molecule has 0 saturated heterocycles. The number of aromatic nitrogens is 3. The molecule has 0 aliphatic heterocycles. The van der Waals surface area contributed by atoms with E-state index in [0.717, 1.165) is 25.2 Å². The van der Waals surface area contributed by atoms with Gasteiger partial charge in [0.25, 0.3) is 0 Å². The summed E-state index contributed by atoms with van der Waals surface area (Å²) in [5.74, 6) is 0.616. The third kappa shape index (κ3) is 5.44. The summed E-state index contributed by atoms with van der Waals surface area (Å²) < 4.78 is 1.88. The van der Waals surface area contributed by atoms with Gasteiger partial charge in [-0.2, -0.15) is 0 Å². The molecule has 1 rings (SSSR count). The standard InChI is InChI=1S/C11H20N4O2/c1-9(3-4-11(16)17)5-6-12-7-10-14-13-8-15(10)2/h8-9,12H,3-7H2,1-2H3,(H,16,17). The number of hydrogen-bond acceptors (Lipinski definition) is 4. The van der Waals surface area contributed by atoms with Gasteiger partial charge in [-0.1, -0.05) is 6.92 Å². The van der Waals surface area contributed by atoms with Crippen LogP contribution in [-0.2, 0) is 18.4 Å². The van der Waals surface area contributed by atoms with Gasteiger partial charge >= 0.3 is 5.97 Å². The van der Waals surface area contributed by atoms with Gasteiger partial charge in [-0.15, -0.1) is 10.2 Å². The quantitative estimate of drug-likeness (QED) is 0.657. The molecule has 1 aromatic heterocycles. The number of carboxylic acids is 1. The van der Waals surface area contributed by atoms with Crippen LogP contribution in [-0.4, -0.2) is 32.4 Å². The van der Waals surface area contributed by atoms with Crippen LogP contribution in [0.3, 0.4) is 0 Å². The molecule has 0 bridgehead atoms. The maximum atomic E-state index is 10.4. The molecule has 0 fully saturated rings. The van der Waals surface area contributed by atoms with Crippen LogP contribution in [0.15, 0.2) is 6.33 Å². The smallest absolute Gasteiger partial charge is 0.303 e. The van der Waals surface area contributed by atoms with Gasteiger partial charge in [0.1, 0.15) is 12.2 Å². The van der Waals surface area contributed by atoms with Crippen molar-refractivity contribution in [3.63, 3.8) is 0 Å². The summed E-state index contributed by atoms with van der Waals surface area (Å²) in [5.41, 5.74) is 0. The molecule has 0 aromatic carbocycles. The Kier molecular flexibility index (Phi) is 5.62. The van der Waals surface area contributed by atoms with Crippen LogP contribution in [0.2, 0.25) is 0 Å². The molecule has 17 heavy (non-hydrogen) atoms. The number of nitrogens with zero attached hydrogens (tertiary/aromatic N) is 3. The van der Waals surface area contributed by atoms with Gasteiger partial charge in [0.15, 0.2) is 0 Å². The van der Waals surface area contributed by atoms with E-state index in [1.165, 1.54) is 0 Å². The number of aliphatic carboxylic acids is 1. The lowest BCUT2D eigenvalue weighted by Gasteiger charge is -2.10. The lowest BCUT2D eigenvalue weighted by Crippen LogP contribution is -2.19. The predicted octanol–water partition coefficient (Wildman–Crippen LogP) is 0.796. The minimum absolute atomic E-state index is 0.254. The molecule has 0 radical (unpaired) electrons. The van der Waals surface area contributed by atoms with Crippen LogP contribution in [0.5, 0.6) is 0 Å². The van der Waals surface area contributed by atoms with Crippen molar-refractivity contribution in [3.05, 3.63) is 12.2 Å². The summed E-state index contributed by atoms with van der Waals surface area (Å²) in [6.45, 7) is 3.64. The summed E-state index contributed by atoms with van der Waals surface area (Å²) in [6.07, 6.45) is 3.64. The van der Waals surface area contributed by atoms with E-state index in [4.69, 9.17) is 5.11 Å². The molecular formula is C11H20N4O2. The zero-order valence-electron chi connectivity index (χ0n) is 10.4. The first-order chi connectivity index (χ1) is 8.09. The number of hydrogen-bond donors (Lipinski definition) is 2. The first kappa shape index (κ1) is 13.6. The zero-order valence-corrected chi connectivity index (χ0v) is 10.4. The van der Waals surface area contributed by atoms with Crippen LogP contribution in [0.25, 0.3) is 0 Å².